The van der Waals surface area contributed by atoms with E-state index >= 15 is 0 Å². The van der Waals surface area contributed by atoms with Gasteiger partial charge in [0.1, 0.15) is 0 Å². The fourth-order valence-corrected chi connectivity index (χ4v) is 2.07. The van der Waals surface area contributed by atoms with Crippen molar-refractivity contribution in [2.24, 2.45) is 0 Å². The van der Waals surface area contributed by atoms with Crippen molar-refractivity contribution >= 4 is 28.6 Å². The summed E-state index contributed by atoms with van der Waals surface area (Å²) < 4.78 is 0. The number of rotatable bonds is 3. The van der Waals surface area contributed by atoms with Gasteiger partial charge in [-0.3, -0.25) is 4.79 Å². The first kappa shape index (κ1) is 14.4. The van der Waals surface area contributed by atoms with Gasteiger partial charge in [-0.15, -0.1) is 11.6 Å². The van der Waals surface area contributed by atoms with Gasteiger partial charge in [-0.1, -0.05) is 32.9 Å². The third kappa shape index (κ3) is 5.00. The predicted molar refractivity (Wildman–Crippen MR) is 75.1 cm³/mol. The Labute approximate surface area is 112 Å². The minimum atomic E-state index is -0.0610. The van der Waals surface area contributed by atoms with E-state index in [1.807, 2.05) is 12.1 Å². The summed E-state index contributed by atoms with van der Waals surface area (Å²) in [5, 5.41) is 2.66. The van der Waals surface area contributed by atoms with Crippen molar-refractivity contribution in [3.05, 3.63) is 29.8 Å². The van der Waals surface area contributed by atoms with E-state index in [4.69, 9.17) is 11.6 Å². The summed E-state index contributed by atoms with van der Waals surface area (Å²) >= 11 is 6.69. The van der Waals surface area contributed by atoms with E-state index in [1.165, 1.54) is 17.3 Å². The molecule has 0 radical (unpaired) electrons. The van der Waals surface area contributed by atoms with E-state index in [9.17, 15) is 4.79 Å². The van der Waals surface area contributed by atoms with Crippen LogP contribution in [0.4, 0.5) is 4.79 Å². The van der Waals surface area contributed by atoms with Crippen LogP contribution >= 0.6 is 23.4 Å². The summed E-state index contributed by atoms with van der Waals surface area (Å²) in [7, 11) is 0. The molecule has 0 bridgehead atoms. The Morgan fingerprint density at radius 2 is 1.88 bits per heavy atom. The van der Waals surface area contributed by atoms with Crippen LogP contribution in [0, 0.1) is 0 Å². The van der Waals surface area contributed by atoms with Gasteiger partial charge in [0.15, 0.2) is 0 Å². The highest BCUT2D eigenvalue weighted by molar-refractivity contribution is 8.13. The number of halogens is 1. The molecule has 0 aliphatic heterocycles. The van der Waals surface area contributed by atoms with Gasteiger partial charge in [-0.25, -0.2) is 0 Å². The maximum Gasteiger partial charge on any atom is 0.283 e. The zero-order valence-corrected chi connectivity index (χ0v) is 12.0. The molecule has 1 aromatic carbocycles. The van der Waals surface area contributed by atoms with Crippen molar-refractivity contribution in [3.63, 3.8) is 0 Å². The van der Waals surface area contributed by atoms with Crippen molar-refractivity contribution < 1.29 is 4.79 Å². The lowest BCUT2D eigenvalue weighted by Crippen LogP contribution is -2.20. The van der Waals surface area contributed by atoms with Gasteiger partial charge in [0.25, 0.3) is 5.24 Å². The molecular formula is C13H18ClNOS. The normalized spacial score (nSPS) is 11.3. The maximum atomic E-state index is 11.4. The van der Waals surface area contributed by atoms with E-state index in [0.29, 0.717) is 12.4 Å². The van der Waals surface area contributed by atoms with E-state index in [0.717, 1.165) is 4.90 Å². The van der Waals surface area contributed by atoms with E-state index in [1.54, 1.807) is 0 Å². The predicted octanol–water partition coefficient (Wildman–Crippen LogP) is 4.02. The Balaban J connectivity index is 2.60. The molecule has 0 aliphatic rings. The summed E-state index contributed by atoms with van der Waals surface area (Å²) in [6.07, 6.45) is 0. The zero-order valence-electron chi connectivity index (χ0n) is 10.4. The van der Waals surface area contributed by atoms with Crippen LogP contribution in [0.5, 0.6) is 0 Å². The van der Waals surface area contributed by atoms with Crippen LogP contribution in [0.25, 0.3) is 0 Å². The summed E-state index contributed by atoms with van der Waals surface area (Å²) in [4.78, 5) is 12.4. The highest BCUT2D eigenvalue weighted by atomic mass is 35.5. The van der Waals surface area contributed by atoms with Crippen LogP contribution in [0.3, 0.4) is 0 Å². The van der Waals surface area contributed by atoms with E-state index in [-0.39, 0.29) is 10.7 Å². The van der Waals surface area contributed by atoms with Crippen LogP contribution in [0.15, 0.2) is 29.2 Å². The number of hydrogen-bond acceptors (Lipinski definition) is 2. The lowest BCUT2D eigenvalue weighted by atomic mass is 9.87. The van der Waals surface area contributed by atoms with Crippen molar-refractivity contribution in [1.29, 1.82) is 0 Å². The van der Waals surface area contributed by atoms with E-state index in [2.05, 4.69) is 38.2 Å². The average Bonchev–Trinajstić information content (AvgIpc) is 2.26. The quantitative estimate of drug-likeness (QED) is 0.664. The molecule has 0 fully saturated rings. The molecule has 0 unspecified atom stereocenters. The Hall–Kier alpha value is -0.670. The topological polar surface area (TPSA) is 29.1 Å². The Bertz CT molecular complexity index is 370. The fourth-order valence-electron chi connectivity index (χ4n) is 1.32. The second-order valence-electron chi connectivity index (χ2n) is 4.78. The SMILES string of the molecule is CC(C)(C)c1ccc(SC(=O)NCCCl)cc1. The van der Waals surface area contributed by atoms with Crippen LogP contribution in [0.1, 0.15) is 26.3 Å². The molecule has 0 heterocycles. The molecule has 4 heteroatoms. The molecule has 0 atom stereocenters. The molecule has 0 saturated heterocycles. The van der Waals surface area contributed by atoms with Crippen LogP contribution in [-0.4, -0.2) is 17.7 Å². The van der Waals surface area contributed by atoms with Gasteiger partial charge in [0.2, 0.25) is 0 Å². The standard InChI is InChI=1S/C13H18ClNOS/c1-13(2,3)10-4-6-11(7-5-10)17-12(16)15-9-8-14/h4-7H,8-9H2,1-3H3,(H,15,16). The molecule has 1 N–H and O–H groups in total. The molecule has 0 spiro atoms. The molecule has 17 heavy (non-hydrogen) atoms. The summed E-state index contributed by atoms with van der Waals surface area (Å²) in [5.74, 6) is 0.440. The first-order chi connectivity index (χ1) is 7.93. The number of carbonyl (C=O) groups is 1. The van der Waals surface area contributed by atoms with Crippen LogP contribution in [0.2, 0.25) is 0 Å². The lowest BCUT2D eigenvalue weighted by molar-refractivity contribution is 0.261. The van der Waals surface area contributed by atoms with Gasteiger partial charge in [0.05, 0.1) is 0 Å². The maximum absolute atomic E-state index is 11.4. The summed E-state index contributed by atoms with van der Waals surface area (Å²) in [5.41, 5.74) is 1.41. The first-order valence-corrected chi connectivity index (χ1v) is 6.91. The van der Waals surface area contributed by atoms with Gasteiger partial charge in [0, 0.05) is 17.3 Å². The lowest BCUT2D eigenvalue weighted by Gasteiger charge is -2.18. The second kappa shape index (κ2) is 6.31. The average molecular weight is 272 g/mol. The van der Waals surface area contributed by atoms with E-state index < -0.39 is 0 Å². The van der Waals surface area contributed by atoms with Crippen LogP contribution in [-0.2, 0) is 5.41 Å². The zero-order chi connectivity index (χ0) is 12.9. The minimum Gasteiger partial charge on any atom is -0.345 e. The number of carbonyl (C=O) groups excluding carboxylic acids is 1. The molecule has 1 aromatic rings. The number of nitrogens with one attached hydrogen (secondary N) is 1. The molecule has 0 aromatic heterocycles. The number of alkyl halides is 1. The molecule has 2 nitrogen and oxygen atoms in total. The molecule has 1 amide bonds. The first-order valence-electron chi connectivity index (χ1n) is 5.55. The largest absolute Gasteiger partial charge is 0.345 e. The van der Waals surface area contributed by atoms with Gasteiger partial charge >= 0.3 is 0 Å². The van der Waals surface area contributed by atoms with Gasteiger partial charge in [-0.05, 0) is 34.9 Å². The summed E-state index contributed by atoms with van der Waals surface area (Å²) in [6.45, 7) is 7.01. The summed E-state index contributed by atoms with van der Waals surface area (Å²) in [6, 6.07) is 8.09. The molecule has 94 valence electrons. The third-order valence-corrected chi connectivity index (χ3v) is 3.32. The van der Waals surface area contributed by atoms with Gasteiger partial charge < -0.3 is 5.32 Å². The molecular weight excluding hydrogens is 254 g/mol. The number of hydrogen-bond donors (Lipinski definition) is 1. The molecule has 0 saturated carbocycles. The Kier molecular flexibility index (Phi) is 5.34. The minimum absolute atomic E-state index is 0.0610. The van der Waals surface area contributed by atoms with Crippen molar-refractivity contribution in [3.8, 4) is 0 Å². The van der Waals surface area contributed by atoms with Gasteiger partial charge in [-0.2, -0.15) is 0 Å². The highest BCUT2D eigenvalue weighted by Crippen LogP contribution is 2.25. The number of thioether (sulfide) groups is 1. The molecule has 0 aliphatic carbocycles. The molecule has 1 rings (SSSR count). The Morgan fingerprint density at radius 1 is 1.29 bits per heavy atom. The number of benzene rings is 1. The fraction of sp³-hybridized carbons (Fsp3) is 0.462. The highest BCUT2D eigenvalue weighted by Gasteiger charge is 2.13. The number of amides is 1. The smallest absolute Gasteiger partial charge is 0.283 e. The second-order valence-corrected chi connectivity index (χ2v) is 6.20. The van der Waals surface area contributed by atoms with Crippen LogP contribution < -0.4 is 5.32 Å². The van der Waals surface area contributed by atoms with Crippen molar-refractivity contribution in [2.75, 3.05) is 12.4 Å². The monoisotopic (exact) mass is 271 g/mol. The Morgan fingerprint density at radius 3 is 2.35 bits per heavy atom. The van der Waals surface area contributed by atoms with Crippen molar-refractivity contribution in [1.82, 2.24) is 5.32 Å². The van der Waals surface area contributed by atoms with Crippen molar-refractivity contribution in [2.45, 2.75) is 31.1 Å². The third-order valence-electron chi connectivity index (χ3n) is 2.29.